The normalized spacial score (nSPS) is 12.1. The van der Waals surface area contributed by atoms with Gasteiger partial charge in [0.25, 0.3) is 0 Å². The van der Waals surface area contributed by atoms with E-state index in [1.54, 1.807) is 0 Å². The van der Waals surface area contributed by atoms with E-state index >= 15 is 0 Å². The fourth-order valence-corrected chi connectivity index (χ4v) is 5.65. The lowest BCUT2D eigenvalue weighted by molar-refractivity contribution is -0.305. The Balaban J connectivity index is 3.89. The van der Waals surface area contributed by atoms with E-state index in [0.717, 1.165) is 57.8 Å². The van der Waals surface area contributed by atoms with Crippen molar-refractivity contribution in [3.8, 4) is 0 Å². The van der Waals surface area contributed by atoms with Crippen LogP contribution in [-0.4, -0.2) is 18.0 Å². The van der Waals surface area contributed by atoms with Crippen LogP contribution in [0.15, 0.2) is 0 Å². The molecule has 1 atom stereocenters. The number of carboxylic acids is 1. The van der Waals surface area contributed by atoms with Gasteiger partial charge in [-0.15, -0.1) is 0 Å². The van der Waals surface area contributed by atoms with Crippen LogP contribution < -0.4 is 5.11 Å². The number of hydrogen-bond acceptors (Lipinski definition) is 4. The van der Waals surface area contributed by atoms with Gasteiger partial charge in [-0.05, 0) is 44.9 Å². The van der Waals surface area contributed by atoms with Gasteiger partial charge < -0.3 is 14.6 Å². The topological polar surface area (TPSA) is 66.4 Å². The lowest BCUT2D eigenvalue weighted by Crippen LogP contribution is -2.21. The maximum atomic E-state index is 12.5. The maximum Gasteiger partial charge on any atom is 0.306 e. The third kappa shape index (κ3) is 31.5. The average Bonchev–Trinajstić information content (AvgIpc) is 2.93. The molecule has 4 nitrogen and oxygen atoms in total. The van der Waals surface area contributed by atoms with Crippen LogP contribution in [0, 0.1) is 0 Å². The van der Waals surface area contributed by atoms with Crippen LogP contribution in [0.3, 0.4) is 0 Å². The molecule has 238 valence electrons. The average molecular weight is 566 g/mol. The standard InChI is InChI=1S/C36H70O4/c1-3-5-7-9-11-12-13-14-15-16-17-18-20-25-29-33-36(39)40-34(30-26-22-19-10-8-6-4-2)31-27-23-21-24-28-32-35(37)38/h34H,3-33H2,1-2H3,(H,37,38)/p-1. The van der Waals surface area contributed by atoms with Crippen LogP contribution in [0.1, 0.15) is 213 Å². The van der Waals surface area contributed by atoms with Gasteiger partial charge in [-0.3, -0.25) is 4.79 Å². The van der Waals surface area contributed by atoms with Crippen molar-refractivity contribution in [1.29, 1.82) is 0 Å². The Morgan fingerprint density at radius 1 is 0.450 bits per heavy atom. The van der Waals surface area contributed by atoms with Crippen molar-refractivity contribution in [2.24, 2.45) is 0 Å². The number of carboxylic acid groups (broad SMARTS) is 1. The molecule has 0 aliphatic rings. The molecule has 0 aromatic carbocycles. The minimum absolute atomic E-state index is 0.00315. The number of aliphatic carboxylic acids is 1. The zero-order valence-corrected chi connectivity index (χ0v) is 27.1. The summed E-state index contributed by atoms with van der Waals surface area (Å²) in [6.45, 7) is 4.53. The zero-order chi connectivity index (χ0) is 29.4. The highest BCUT2D eigenvalue weighted by Gasteiger charge is 2.14. The number of ether oxygens (including phenoxy) is 1. The summed E-state index contributed by atoms with van der Waals surface area (Å²) in [7, 11) is 0. The lowest BCUT2D eigenvalue weighted by Gasteiger charge is -2.18. The minimum atomic E-state index is -0.948. The second-order valence-electron chi connectivity index (χ2n) is 12.4. The summed E-state index contributed by atoms with van der Waals surface area (Å²) in [5.74, 6) is -0.952. The Morgan fingerprint density at radius 2 is 0.750 bits per heavy atom. The second-order valence-corrected chi connectivity index (χ2v) is 12.4. The van der Waals surface area contributed by atoms with Crippen LogP contribution in [0.25, 0.3) is 0 Å². The Bertz CT molecular complexity index is 533. The van der Waals surface area contributed by atoms with Crippen molar-refractivity contribution in [3.05, 3.63) is 0 Å². The molecule has 0 aromatic rings. The summed E-state index contributed by atoms with van der Waals surface area (Å²) in [5.41, 5.74) is 0. The van der Waals surface area contributed by atoms with Crippen LogP contribution in [0.4, 0.5) is 0 Å². The van der Waals surface area contributed by atoms with Gasteiger partial charge >= 0.3 is 5.97 Å². The molecule has 0 radical (unpaired) electrons. The number of hydrogen-bond donors (Lipinski definition) is 0. The molecule has 0 heterocycles. The van der Waals surface area contributed by atoms with Crippen LogP contribution >= 0.6 is 0 Å². The highest BCUT2D eigenvalue weighted by molar-refractivity contribution is 5.69. The number of carbonyl (C=O) groups excluding carboxylic acids is 2. The van der Waals surface area contributed by atoms with E-state index in [1.807, 2.05) is 0 Å². The molecule has 0 aliphatic heterocycles. The van der Waals surface area contributed by atoms with E-state index in [9.17, 15) is 14.7 Å². The predicted molar refractivity (Wildman–Crippen MR) is 169 cm³/mol. The van der Waals surface area contributed by atoms with Gasteiger partial charge in [-0.25, -0.2) is 0 Å². The quantitative estimate of drug-likeness (QED) is 0.0586. The Hall–Kier alpha value is -1.06. The largest absolute Gasteiger partial charge is 0.550 e. The number of rotatable bonds is 33. The number of carbonyl (C=O) groups is 2. The first kappa shape index (κ1) is 38.9. The third-order valence-electron chi connectivity index (χ3n) is 8.32. The first-order chi connectivity index (χ1) is 19.6. The zero-order valence-electron chi connectivity index (χ0n) is 27.1. The summed E-state index contributed by atoms with van der Waals surface area (Å²) >= 11 is 0. The summed E-state index contributed by atoms with van der Waals surface area (Å²) in [6, 6.07) is 0. The molecule has 4 heteroatoms. The smallest absolute Gasteiger partial charge is 0.306 e. The first-order valence-electron chi connectivity index (χ1n) is 18.0. The van der Waals surface area contributed by atoms with Gasteiger partial charge in [0.2, 0.25) is 0 Å². The SMILES string of the molecule is CCCCCCCCCCCCCCCCCC(=O)OC(CCCCCCCCC)CCCCCCCC(=O)[O-]. The fraction of sp³-hybridized carbons (Fsp3) is 0.944. The molecule has 0 bridgehead atoms. The van der Waals surface area contributed by atoms with E-state index in [0.29, 0.717) is 12.8 Å². The lowest BCUT2D eigenvalue weighted by atomic mass is 10.0. The Labute approximate surface area is 250 Å². The van der Waals surface area contributed by atoms with Crippen molar-refractivity contribution in [2.75, 3.05) is 0 Å². The summed E-state index contributed by atoms with van der Waals surface area (Å²) in [4.78, 5) is 23.1. The van der Waals surface area contributed by atoms with E-state index in [-0.39, 0.29) is 18.5 Å². The molecular formula is C36H69O4-. The van der Waals surface area contributed by atoms with E-state index in [2.05, 4.69) is 13.8 Å². The summed E-state index contributed by atoms with van der Waals surface area (Å²) < 4.78 is 5.95. The molecule has 0 amide bonds. The maximum absolute atomic E-state index is 12.5. The number of esters is 1. The predicted octanol–water partition coefficient (Wildman–Crippen LogP) is 10.8. The first-order valence-corrected chi connectivity index (χ1v) is 18.0. The molecule has 0 aliphatic carbocycles. The highest BCUT2D eigenvalue weighted by Crippen LogP contribution is 2.19. The van der Waals surface area contributed by atoms with Gasteiger partial charge in [0.05, 0.1) is 0 Å². The van der Waals surface area contributed by atoms with Gasteiger partial charge in [0.15, 0.2) is 0 Å². The molecule has 0 N–H and O–H groups in total. The fourth-order valence-electron chi connectivity index (χ4n) is 5.65. The molecule has 0 spiro atoms. The van der Waals surface area contributed by atoms with Gasteiger partial charge in [0, 0.05) is 12.4 Å². The van der Waals surface area contributed by atoms with Crippen molar-refractivity contribution >= 4 is 11.9 Å². The van der Waals surface area contributed by atoms with Crippen LogP contribution in [-0.2, 0) is 14.3 Å². The molecule has 40 heavy (non-hydrogen) atoms. The van der Waals surface area contributed by atoms with Crippen LogP contribution in [0.2, 0.25) is 0 Å². The van der Waals surface area contributed by atoms with Crippen molar-refractivity contribution in [1.82, 2.24) is 0 Å². The van der Waals surface area contributed by atoms with Crippen molar-refractivity contribution in [2.45, 2.75) is 219 Å². The van der Waals surface area contributed by atoms with Crippen molar-refractivity contribution < 1.29 is 19.4 Å². The highest BCUT2D eigenvalue weighted by atomic mass is 16.5. The molecule has 0 rings (SSSR count). The minimum Gasteiger partial charge on any atom is -0.550 e. The molecule has 0 saturated carbocycles. The second kappa shape index (κ2) is 32.5. The molecular weight excluding hydrogens is 496 g/mol. The van der Waals surface area contributed by atoms with E-state index in [4.69, 9.17) is 4.74 Å². The molecule has 0 aromatic heterocycles. The van der Waals surface area contributed by atoms with Crippen LogP contribution in [0.5, 0.6) is 0 Å². The van der Waals surface area contributed by atoms with Gasteiger partial charge in [-0.2, -0.15) is 0 Å². The van der Waals surface area contributed by atoms with E-state index < -0.39 is 5.97 Å². The Morgan fingerprint density at radius 3 is 1.10 bits per heavy atom. The third-order valence-corrected chi connectivity index (χ3v) is 8.32. The monoisotopic (exact) mass is 566 g/mol. The van der Waals surface area contributed by atoms with Crippen molar-refractivity contribution in [3.63, 3.8) is 0 Å². The van der Waals surface area contributed by atoms with Gasteiger partial charge in [0.1, 0.15) is 6.10 Å². The molecule has 0 fully saturated rings. The Kier molecular flexibility index (Phi) is 31.6. The van der Waals surface area contributed by atoms with E-state index in [1.165, 1.54) is 122 Å². The summed E-state index contributed by atoms with van der Waals surface area (Å²) in [5, 5.41) is 10.5. The number of unbranched alkanes of at least 4 members (excludes halogenated alkanes) is 24. The molecule has 1 unspecified atom stereocenters. The molecule has 0 saturated heterocycles. The van der Waals surface area contributed by atoms with Gasteiger partial charge in [-0.1, -0.05) is 162 Å². The summed E-state index contributed by atoms with van der Waals surface area (Å²) in [6.07, 6.45) is 36.5.